The lowest BCUT2D eigenvalue weighted by Crippen LogP contribution is -2.13. The molecule has 0 aromatic heterocycles. The van der Waals surface area contributed by atoms with Gasteiger partial charge in [-0.2, -0.15) is 0 Å². The molecule has 0 amide bonds. The molecule has 0 radical (unpaired) electrons. The van der Waals surface area contributed by atoms with Crippen LogP contribution in [-0.2, 0) is 0 Å². The first-order chi connectivity index (χ1) is 7.79. The van der Waals surface area contributed by atoms with E-state index in [-0.39, 0.29) is 11.1 Å². The van der Waals surface area contributed by atoms with E-state index in [4.69, 9.17) is 11.6 Å². The Labute approximate surface area is 106 Å². The van der Waals surface area contributed by atoms with E-state index in [0.717, 1.165) is 6.42 Å². The van der Waals surface area contributed by atoms with Crippen LogP contribution in [0.25, 0.3) is 0 Å². The second-order valence-corrected chi connectivity index (χ2v) is 5.59. The predicted octanol–water partition coefficient (Wildman–Crippen LogP) is 4.10. The van der Waals surface area contributed by atoms with Crippen molar-refractivity contribution in [3.05, 3.63) is 33.3 Å². The highest BCUT2D eigenvalue weighted by atomic mass is 35.5. The van der Waals surface area contributed by atoms with Crippen molar-refractivity contribution < 1.29 is 4.92 Å². The summed E-state index contributed by atoms with van der Waals surface area (Å²) in [5.41, 5.74) is 0.740. The number of nitro groups is 1. The average molecular weight is 257 g/mol. The fourth-order valence-electron chi connectivity index (χ4n) is 1.38. The zero-order valence-corrected chi connectivity index (χ0v) is 11.0. The Kier molecular flexibility index (Phi) is 4.34. The van der Waals surface area contributed by atoms with Crippen molar-refractivity contribution in [1.82, 2.24) is 0 Å². The average Bonchev–Trinajstić information content (AvgIpc) is 2.18. The molecule has 94 valence electrons. The van der Waals surface area contributed by atoms with Gasteiger partial charge in [-0.25, -0.2) is 0 Å². The summed E-state index contributed by atoms with van der Waals surface area (Å²) in [6.07, 6.45) is 0.937. The number of anilines is 1. The van der Waals surface area contributed by atoms with Crippen molar-refractivity contribution in [3.63, 3.8) is 0 Å². The Balaban J connectivity index is 2.74. The van der Waals surface area contributed by atoms with Crippen LogP contribution in [0.2, 0.25) is 5.02 Å². The maximum Gasteiger partial charge on any atom is 0.293 e. The number of rotatable bonds is 4. The minimum absolute atomic E-state index is 0.0198. The van der Waals surface area contributed by atoms with Gasteiger partial charge >= 0.3 is 0 Å². The maximum atomic E-state index is 10.8. The standard InChI is InChI=1S/C12H17ClN2O2/c1-12(2,3)6-7-14-10-5-4-9(13)8-11(10)15(16)17/h4-5,8,14H,6-7H2,1-3H3. The summed E-state index contributed by atoms with van der Waals surface area (Å²) in [5.74, 6) is 0. The summed E-state index contributed by atoms with van der Waals surface area (Å²) in [6.45, 7) is 7.09. The summed E-state index contributed by atoms with van der Waals surface area (Å²) in [4.78, 5) is 10.4. The third-order valence-electron chi connectivity index (χ3n) is 2.35. The van der Waals surface area contributed by atoms with Gasteiger partial charge in [-0.1, -0.05) is 32.4 Å². The Hall–Kier alpha value is -1.29. The molecule has 4 nitrogen and oxygen atoms in total. The van der Waals surface area contributed by atoms with Crippen LogP contribution in [0.15, 0.2) is 18.2 Å². The van der Waals surface area contributed by atoms with E-state index >= 15 is 0 Å². The molecule has 1 aromatic carbocycles. The normalized spacial score (nSPS) is 11.3. The zero-order valence-electron chi connectivity index (χ0n) is 10.3. The molecule has 0 saturated carbocycles. The molecule has 0 aliphatic rings. The molecule has 0 heterocycles. The minimum Gasteiger partial charge on any atom is -0.379 e. The van der Waals surface area contributed by atoms with E-state index < -0.39 is 4.92 Å². The topological polar surface area (TPSA) is 55.2 Å². The number of nitrogens with one attached hydrogen (secondary N) is 1. The first-order valence-corrected chi connectivity index (χ1v) is 5.85. The molecular formula is C12H17ClN2O2. The molecule has 0 fully saturated rings. The van der Waals surface area contributed by atoms with Crippen LogP contribution in [0.5, 0.6) is 0 Å². The van der Waals surface area contributed by atoms with Crippen molar-refractivity contribution >= 4 is 23.0 Å². The summed E-state index contributed by atoms with van der Waals surface area (Å²) >= 11 is 5.74. The van der Waals surface area contributed by atoms with Gasteiger partial charge in [0.1, 0.15) is 5.69 Å². The SMILES string of the molecule is CC(C)(C)CCNc1ccc(Cl)cc1[N+](=O)[O-]. The predicted molar refractivity (Wildman–Crippen MR) is 70.7 cm³/mol. The molecule has 0 spiro atoms. The summed E-state index contributed by atoms with van der Waals surface area (Å²) in [5, 5.41) is 14.3. The summed E-state index contributed by atoms with van der Waals surface area (Å²) < 4.78 is 0. The number of nitro benzene ring substituents is 1. The smallest absolute Gasteiger partial charge is 0.293 e. The van der Waals surface area contributed by atoms with Gasteiger partial charge in [0.05, 0.1) is 4.92 Å². The van der Waals surface area contributed by atoms with E-state index in [1.54, 1.807) is 12.1 Å². The molecule has 5 heteroatoms. The highest BCUT2D eigenvalue weighted by molar-refractivity contribution is 6.30. The Morgan fingerprint density at radius 2 is 2.06 bits per heavy atom. The first kappa shape index (κ1) is 13.8. The second-order valence-electron chi connectivity index (χ2n) is 5.16. The van der Waals surface area contributed by atoms with Crippen molar-refractivity contribution in [1.29, 1.82) is 0 Å². The lowest BCUT2D eigenvalue weighted by molar-refractivity contribution is -0.383. The van der Waals surface area contributed by atoms with Crippen molar-refractivity contribution in [3.8, 4) is 0 Å². The number of hydrogen-bond donors (Lipinski definition) is 1. The molecule has 1 aromatic rings. The fraction of sp³-hybridized carbons (Fsp3) is 0.500. The number of nitrogens with zero attached hydrogens (tertiary/aromatic N) is 1. The molecule has 1 N–H and O–H groups in total. The molecule has 17 heavy (non-hydrogen) atoms. The van der Waals surface area contributed by atoms with Gasteiger partial charge in [-0.05, 0) is 24.0 Å². The van der Waals surface area contributed by atoms with Crippen LogP contribution < -0.4 is 5.32 Å². The van der Waals surface area contributed by atoms with Gasteiger partial charge in [0.25, 0.3) is 5.69 Å². The van der Waals surface area contributed by atoms with Gasteiger partial charge in [0.15, 0.2) is 0 Å². The third-order valence-corrected chi connectivity index (χ3v) is 2.58. The van der Waals surface area contributed by atoms with Gasteiger partial charge in [0, 0.05) is 17.6 Å². The summed E-state index contributed by atoms with van der Waals surface area (Å²) in [6, 6.07) is 4.65. The van der Waals surface area contributed by atoms with E-state index in [1.165, 1.54) is 6.07 Å². The zero-order chi connectivity index (χ0) is 13.1. The first-order valence-electron chi connectivity index (χ1n) is 5.47. The maximum absolute atomic E-state index is 10.8. The van der Waals surface area contributed by atoms with Crippen molar-refractivity contribution in [2.75, 3.05) is 11.9 Å². The van der Waals surface area contributed by atoms with Crippen LogP contribution >= 0.6 is 11.6 Å². The van der Waals surface area contributed by atoms with Gasteiger partial charge in [-0.15, -0.1) is 0 Å². The minimum atomic E-state index is -0.425. The number of benzene rings is 1. The summed E-state index contributed by atoms with van der Waals surface area (Å²) in [7, 11) is 0. The van der Waals surface area contributed by atoms with Crippen LogP contribution in [-0.4, -0.2) is 11.5 Å². The van der Waals surface area contributed by atoms with Crippen LogP contribution in [0.3, 0.4) is 0 Å². The number of hydrogen-bond acceptors (Lipinski definition) is 3. The van der Waals surface area contributed by atoms with Gasteiger partial charge in [0.2, 0.25) is 0 Å². The quantitative estimate of drug-likeness (QED) is 0.652. The van der Waals surface area contributed by atoms with Crippen LogP contribution in [0.4, 0.5) is 11.4 Å². The molecule has 0 aliphatic carbocycles. The molecule has 0 aliphatic heterocycles. The Morgan fingerprint density at radius 1 is 1.41 bits per heavy atom. The van der Waals surface area contributed by atoms with Crippen LogP contribution in [0, 0.1) is 15.5 Å². The highest BCUT2D eigenvalue weighted by Crippen LogP contribution is 2.28. The fourth-order valence-corrected chi connectivity index (χ4v) is 1.54. The molecule has 0 bridgehead atoms. The van der Waals surface area contributed by atoms with E-state index in [1.807, 2.05) is 0 Å². The van der Waals surface area contributed by atoms with Gasteiger partial charge in [-0.3, -0.25) is 10.1 Å². The molecule has 1 rings (SSSR count). The monoisotopic (exact) mass is 256 g/mol. The van der Waals surface area contributed by atoms with Gasteiger partial charge < -0.3 is 5.32 Å². The van der Waals surface area contributed by atoms with E-state index in [2.05, 4.69) is 26.1 Å². The number of halogens is 1. The van der Waals surface area contributed by atoms with E-state index in [0.29, 0.717) is 17.3 Å². The van der Waals surface area contributed by atoms with Crippen molar-refractivity contribution in [2.24, 2.45) is 5.41 Å². The molecule has 0 saturated heterocycles. The molecule has 0 atom stereocenters. The van der Waals surface area contributed by atoms with Crippen molar-refractivity contribution in [2.45, 2.75) is 27.2 Å². The Bertz CT molecular complexity index is 413. The Morgan fingerprint density at radius 3 is 2.59 bits per heavy atom. The lowest BCUT2D eigenvalue weighted by atomic mass is 9.92. The molecular weight excluding hydrogens is 240 g/mol. The molecule has 0 unspecified atom stereocenters. The largest absolute Gasteiger partial charge is 0.379 e. The second kappa shape index (κ2) is 5.36. The van der Waals surface area contributed by atoms with E-state index in [9.17, 15) is 10.1 Å². The third kappa shape index (κ3) is 4.61. The highest BCUT2D eigenvalue weighted by Gasteiger charge is 2.15. The van der Waals surface area contributed by atoms with Crippen LogP contribution in [0.1, 0.15) is 27.2 Å². The lowest BCUT2D eigenvalue weighted by Gasteiger charge is -2.18.